The Bertz CT molecular complexity index is 640. The standard InChI is InChI=1S/C19H30BClN2O5/c1-18(2)19(3,4)28-20(27-18)16(23-17(24)15(22)12-25-5)10-11-26-14-8-6-13(21)7-9-14/h6-9,15-16H,10-12,22H2,1-5H3,(H,23,24)/t15?,16-/m0/s1. The minimum atomic E-state index is -0.771. The molecule has 0 radical (unpaired) electrons. The Morgan fingerprint density at radius 1 is 1.21 bits per heavy atom. The molecule has 1 unspecified atom stereocenters. The first kappa shape index (κ1) is 23.0. The quantitative estimate of drug-likeness (QED) is 0.604. The first-order valence-corrected chi connectivity index (χ1v) is 9.72. The lowest BCUT2D eigenvalue weighted by Crippen LogP contribution is -2.54. The first-order chi connectivity index (χ1) is 13.1. The molecule has 0 bridgehead atoms. The minimum absolute atomic E-state index is 0.128. The highest BCUT2D eigenvalue weighted by molar-refractivity contribution is 6.48. The number of nitrogens with one attached hydrogen (secondary N) is 1. The van der Waals surface area contributed by atoms with E-state index in [1.54, 1.807) is 24.3 Å². The molecule has 0 spiro atoms. The Labute approximate surface area is 172 Å². The summed E-state index contributed by atoms with van der Waals surface area (Å²) in [7, 11) is 0.885. The molecule has 1 aliphatic rings. The van der Waals surface area contributed by atoms with Crippen LogP contribution in [0.3, 0.4) is 0 Å². The minimum Gasteiger partial charge on any atom is -0.494 e. The zero-order chi connectivity index (χ0) is 20.9. The Balaban J connectivity index is 2.03. The van der Waals surface area contributed by atoms with Crippen LogP contribution in [-0.2, 0) is 18.8 Å². The molecule has 1 aliphatic heterocycles. The third kappa shape index (κ3) is 5.84. The summed E-state index contributed by atoms with van der Waals surface area (Å²) in [5, 5.41) is 3.56. The van der Waals surface area contributed by atoms with Gasteiger partial charge in [-0.3, -0.25) is 4.79 Å². The number of methoxy groups -OCH3 is 1. The molecule has 1 aromatic carbocycles. The molecular weight excluding hydrogens is 382 g/mol. The van der Waals surface area contributed by atoms with Crippen molar-refractivity contribution in [3.63, 3.8) is 0 Å². The van der Waals surface area contributed by atoms with Crippen LogP contribution < -0.4 is 15.8 Å². The van der Waals surface area contributed by atoms with Gasteiger partial charge in [0.15, 0.2) is 0 Å². The van der Waals surface area contributed by atoms with Crippen LogP contribution in [0.1, 0.15) is 34.1 Å². The van der Waals surface area contributed by atoms with Gasteiger partial charge in [0.1, 0.15) is 11.8 Å². The van der Waals surface area contributed by atoms with Crippen LogP contribution in [0.15, 0.2) is 24.3 Å². The van der Waals surface area contributed by atoms with Gasteiger partial charge in [0.05, 0.1) is 30.4 Å². The van der Waals surface area contributed by atoms with Crippen molar-refractivity contribution in [2.24, 2.45) is 5.73 Å². The zero-order valence-electron chi connectivity index (χ0n) is 17.2. The first-order valence-electron chi connectivity index (χ1n) is 9.34. The van der Waals surface area contributed by atoms with E-state index in [-0.39, 0.29) is 12.5 Å². The number of halogens is 1. The van der Waals surface area contributed by atoms with Crippen molar-refractivity contribution >= 4 is 24.6 Å². The fraction of sp³-hybridized carbons (Fsp3) is 0.632. The average molecular weight is 413 g/mol. The molecule has 1 saturated heterocycles. The van der Waals surface area contributed by atoms with Gasteiger partial charge in [-0.25, -0.2) is 0 Å². The molecule has 1 amide bonds. The van der Waals surface area contributed by atoms with Crippen LogP contribution in [0.25, 0.3) is 0 Å². The SMILES string of the molecule is COCC(N)C(=O)N[C@@H](CCOc1ccc(Cl)cc1)B1OC(C)(C)C(C)(C)O1. The molecule has 2 atom stereocenters. The van der Waals surface area contributed by atoms with Crippen LogP contribution in [0.4, 0.5) is 0 Å². The van der Waals surface area contributed by atoms with Crippen molar-refractivity contribution in [1.82, 2.24) is 5.32 Å². The number of hydrogen-bond acceptors (Lipinski definition) is 6. The van der Waals surface area contributed by atoms with Crippen LogP contribution in [0, 0.1) is 0 Å². The van der Waals surface area contributed by atoms with E-state index in [0.717, 1.165) is 0 Å². The predicted molar refractivity (Wildman–Crippen MR) is 109 cm³/mol. The molecule has 3 N–H and O–H groups in total. The number of benzene rings is 1. The van der Waals surface area contributed by atoms with E-state index in [1.807, 2.05) is 27.7 Å². The second kappa shape index (κ2) is 9.46. The molecule has 1 heterocycles. The highest BCUT2D eigenvalue weighted by Crippen LogP contribution is 2.37. The van der Waals surface area contributed by atoms with Crippen molar-refractivity contribution in [1.29, 1.82) is 0 Å². The summed E-state index contributed by atoms with van der Waals surface area (Å²) in [5.41, 5.74) is 4.84. The van der Waals surface area contributed by atoms with Gasteiger partial charge in [0.25, 0.3) is 0 Å². The molecule has 156 valence electrons. The summed E-state index contributed by atoms with van der Waals surface area (Å²) in [6, 6.07) is 6.33. The molecular formula is C19H30BClN2O5. The number of carbonyl (C=O) groups is 1. The molecule has 1 aromatic rings. The van der Waals surface area contributed by atoms with Gasteiger partial charge in [0.2, 0.25) is 5.91 Å². The Morgan fingerprint density at radius 3 is 2.32 bits per heavy atom. The lowest BCUT2D eigenvalue weighted by Gasteiger charge is -2.32. The monoisotopic (exact) mass is 412 g/mol. The van der Waals surface area contributed by atoms with Crippen molar-refractivity contribution in [2.45, 2.75) is 57.3 Å². The van der Waals surface area contributed by atoms with Crippen molar-refractivity contribution in [3.8, 4) is 5.75 Å². The average Bonchev–Trinajstić information content (AvgIpc) is 2.83. The molecule has 1 fully saturated rings. The van der Waals surface area contributed by atoms with E-state index in [1.165, 1.54) is 7.11 Å². The lowest BCUT2D eigenvalue weighted by atomic mass is 9.76. The van der Waals surface area contributed by atoms with E-state index in [0.29, 0.717) is 23.8 Å². The maximum atomic E-state index is 12.4. The van der Waals surface area contributed by atoms with Crippen LogP contribution >= 0.6 is 11.6 Å². The number of hydrogen-bond donors (Lipinski definition) is 2. The summed E-state index contributed by atoms with van der Waals surface area (Å²) < 4.78 is 22.9. The Hall–Kier alpha value is -1.32. The number of amides is 1. The Kier molecular flexibility index (Phi) is 7.76. The Morgan fingerprint density at radius 2 is 1.79 bits per heavy atom. The summed E-state index contributed by atoms with van der Waals surface area (Å²) in [4.78, 5) is 12.4. The summed E-state index contributed by atoms with van der Waals surface area (Å²) in [6.07, 6.45) is 0.477. The maximum Gasteiger partial charge on any atom is 0.481 e. The van der Waals surface area contributed by atoms with Crippen LogP contribution in [0.2, 0.25) is 5.02 Å². The fourth-order valence-corrected chi connectivity index (χ4v) is 2.83. The molecule has 0 aliphatic carbocycles. The highest BCUT2D eigenvalue weighted by Gasteiger charge is 2.54. The zero-order valence-corrected chi connectivity index (χ0v) is 17.9. The maximum absolute atomic E-state index is 12.4. The van der Waals surface area contributed by atoms with Crippen LogP contribution in [0.5, 0.6) is 5.75 Å². The molecule has 9 heteroatoms. The van der Waals surface area contributed by atoms with Gasteiger partial charge in [-0.05, 0) is 52.0 Å². The van der Waals surface area contributed by atoms with E-state index in [2.05, 4.69) is 5.32 Å². The molecule has 28 heavy (non-hydrogen) atoms. The predicted octanol–water partition coefficient (Wildman–Crippen LogP) is 2.20. The van der Waals surface area contributed by atoms with Gasteiger partial charge in [-0.1, -0.05) is 11.6 Å². The summed E-state index contributed by atoms with van der Waals surface area (Å²) >= 11 is 5.89. The van der Waals surface area contributed by atoms with E-state index in [9.17, 15) is 4.79 Å². The molecule has 2 rings (SSSR count). The van der Waals surface area contributed by atoms with Gasteiger partial charge in [0, 0.05) is 18.6 Å². The number of rotatable bonds is 9. The fourth-order valence-electron chi connectivity index (χ4n) is 2.71. The summed E-state index contributed by atoms with van der Waals surface area (Å²) in [5.74, 6) is -0.0590. The largest absolute Gasteiger partial charge is 0.494 e. The highest BCUT2D eigenvalue weighted by atomic mass is 35.5. The van der Waals surface area contributed by atoms with Crippen molar-refractivity contribution in [2.75, 3.05) is 20.3 Å². The normalized spacial score (nSPS) is 19.9. The van der Waals surface area contributed by atoms with Gasteiger partial charge >= 0.3 is 7.12 Å². The second-order valence-electron chi connectivity index (χ2n) is 7.89. The van der Waals surface area contributed by atoms with E-state index >= 15 is 0 Å². The number of carbonyl (C=O) groups excluding carboxylic acids is 1. The van der Waals surface area contributed by atoms with E-state index < -0.39 is 30.3 Å². The van der Waals surface area contributed by atoms with Gasteiger partial charge < -0.3 is 29.8 Å². The van der Waals surface area contributed by atoms with Gasteiger partial charge in [-0.2, -0.15) is 0 Å². The topological polar surface area (TPSA) is 92.0 Å². The number of nitrogens with two attached hydrogens (primary N) is 1. The third-order valence-electron chi connectivity index (χ3n) is 5.12. The smallest absolute Gasteiger partial charge is 0.481 e. The van der Waals surface area contributed by atoms with Gasteiger partial charge in [-0.15, -0.1) is 0 Å². The summed E-state index contributed by atoms with van der Waals surface area (Å²) in [6.45, 7) is 8.35. The lowest BCUT2D eigenvalue weighted by molar-refractivity contribution is -0.123. The van der Waals surface area contributed by atoms with E-state index in [4.69, 9.17) is 36.1 Å². The third-order valence-corrected chi connectivity index (χ3v) is 5.37. The van der Waals surface area contributed by atoms with Crippen molar-refractivity contribution < 1.29 is 23.6 Å². The second-order valence-corrected chi connectivity index (χ2v) is 8.33. The van der Waals surface area contributed by atoms with Crippen molar-refractivity contribution in [3.05, 3.63) is 29.3 Å². The number of ether oxygens (including phenoxy) is 2. The molecule has 7 nitrogen and oxygen atoms in total. The molecule has 0 saturated carbocycles. The molecule has 0 aromatic heterocycles. The van der Waals surface area contributed by atoms with Crippen LogP contribution in [-0.4, -0.2) is 56.5 Å².